The van der Waals surface area contributed by atoms with Gasteiger partial charge in [-0.05, 0) is 78.9 Å². The lowest BCUT2D eigenvalue weighted by molar-refractivity contribution is 0.124. The molecule has 0 aliphatic heterocycles. The smallest absolute Gasteiger partial charge is 0.152 e. The first-order valence-electron chi connectivity index (χ1n) is 9.39. The predicted octanol–water partition coefficient (Wildman–Crippen LogP) is 6.31. The molecular weight excluding hydrogens is 316 g/mol. The molecule has 2 aliphatic rings. The first-order chi connectivity index (χ1) is 12.1. The number of hydrogen-bond donors (Lipinski definition) is 0. The Hall–Kier alpha value is -1.95. The van der Waals surface area contributed by atoms with Crippen LogP contribution in [0.5, 0.6) is 0 Å². The van der Waals surface area contributed by atoms with Crippen LogP contribution >= 0.6 is 0 Å². The second kappa shape index (κ2) is 6.41. The summed E-state index contributed by atoms with van der Waals surface area (Å²) in [4.78, 5) is 0. The van der Waals surface area contributed by atoms with Crippen LogP contribution in [0.25, 0.3) is 10.8 Å². The minimum Gasteiger partial charge on any atom is -0.206 e. The van der Waals surface area contributed by atoms with Crippen LogP contribution in [0.3, 0.4) is 0 Å². The highest BCUT2D eigenvalue weighted by Crippen LogP contribution is 2.48. The molecule has 0 aromatic heterocycles. The van der Waals surface area contributed by atoms with E-state index in [4.69, 9.17) is 0 Å². The minimum absolute atomic E-state index is 0.0465. The fourth-order valence-corrected chi connectivity index (χ4v) is 5.23. The molecule has 2 fully saturated rings. The van der Waals surface area contributed by atoms with E-state index in [1.807, 2.05) is 12.1 Å². The number of rotatable bonds is 1. The second-order valence-corrected chi connectivity index (χ2v) is 8.05. The van der Waals surface area contributed by atoms with Gasteiger partial charge in [-0.3, -0.25) is 0 Å². The molecule has 2 saturated carbocycles. The van der Waals surface area contributed by atoms with Gasteiger partial charge < -0.3 is 0 Å². The molecule has 0 saturated heterocycles. The van der Waals surface area contributed by atoms with Crippen LogP contribution < -0.4 is 0 Å². The van der Waals surface area contributed by atoms with Crippen LogP contribution in [-0.2, 0) is 0 Å². The van der Waals surface area contributed by atoms with E-state index >= 15 is 0 Å². The van der Waals surface area contributed by atoms with Crippen molar-refractivity contribution in [2.24, 2.45) is 17.8 Å². The van der Waals surface area contributed by atoms with Gasteiger partial charge in [-0.2, -0.15) is 5.26 Å². The van der Waals surface area contributed by atoms with Gasteiger partial charge >= 0.3 is 0 Å². The largest absolute Gasteiger partial charge is 0.206 e. The molecule has 0 N–H and O–H groups in total. The van der Waals surface area contributed by atoms with Gasteiger partial charge in [0, 0.05) is 0 Å². The lowest BCUT2D eigenvalue weighted by atomic mass is 9.64. The molecule has 0 amide bonds. The summed E-state index contributed by atoms with van der Waals surface area (Å²) < 4.78 is 28.9. The van der Waals surface area contributed by atoms with Crippen molar-refractivity contribution >= 4 is 10.8 Å². The van der Waals surface area contributed by atoms with E-state index in [-0.39, 0.29) is 16.9 Å². The zero-order valence-corrected chi connectivity index (χ0v) is 14.6. The van der Waals surface area contributed by atoms with Crippen molar-refractivity contribution in [1.82, 2.24) is 0 Å². The zero-order valence-electron chi connectivity index (χ0n) is 14.6. The molecule has 4 atom stereocenters. The summed E-state index contributed by atoms with van der Waals surface area (Å²) in [5, 5.41) is 10.0. The van der Waals surface area contributed by atoms with E-state index in [2.05, 4.69) is 6.92 Å². The molecule has 0 radical (unpaired) electrons. The standard InChI is InChI=1S/C22H23F2N/c1-13-5-6-15-10-16(8-7-14(15)9-13)18-11-17-3-2-4-20(23)21(17)22(24)19(18)12-25/h2-4,11,13-16H,5-10H2,1H3. The Labute approximate surface area is 147 Å². The van der Waals surface area contributed by atoms with E-state index in [1.54, 1.807) is 12.1 Å². The normalized spacial score (nSPS) is 29.2. The summed E-state index contributed by atoms with van der Waals surface area (Å²) in [6, 6.07) is 8.47. The lowest BCUT2D eigenvalue weighted by Crippen LogP contribution is -2.30. The van der Waals surface area contributed by atoms with Gasteiger partial charge in [-0.25, -0.2) is 8.78 Å². The molecule has 0 heterocycles. The fourth-order valence-electron chi connectivity index (χ4n) is 5.23. The topological polar surface area (TPSA) is 23.8 Å². The van der Waals surface area contributed by atoms with E-state index in [1.165, 1.54) is 25.3 Å². The second-order valence-electron chi connectivity index (χ2n) is 8.05. The Balaban J connectivity index is 1.73. The van der Waals surface area contributed by atoms with Crippen LogP contribution in [0.15, 0.2) is 24.3 Å². The Bertz CT molecular complexity index is 851. The Morgan fingerprint density at radius 1 is 1.04 bits per heavy atom. The van der Waals surface area contributed by atoms with E-state index < -0.39 is 11.6 Å². The third-order valence-corrected chi connectivity index (χ3v) is 6.51. The SMILES string of the molecule is CC1CCC2CC(c3cc4cccc(F)c4c(F)c3C#N)CCC2C1. The first kappa shape index (κ1) is 16.5. The Morgan fingerprint density at radius 3 is 2.60 bits per heavy atom. The van der Waals surface area contributed by atoms with Crippen molar-refractivity contribution in [2.45, 2.75) is 51.4 Å². The van der Waals surface area contributed by atoms with Crippen molar-refractivity contribution in [3.63, 3.8) is 0 Å². The van der Waals surface area contributed by atoms with Gasteiger partial charge in [0.2, 0.25) is 0 Å². The van der Waals surface area contributed by atoms with E-state index in [9.17, 15) is 14.0 Å². The number of benzene rings is 2. The van der Waals surface area contributed by atoms with Crippen LogP contribution in [0.2, 0.25) is 0 Å². The van der Waals surface area contributed by atoms with Crippen molar-refractivity contribution in [3.05, 3.63) is 47.0 Å². The van der Waals surface area contributed by atoms with Crippen molar-refractivity contribution in [1.29, 1.82) is 5.26 Å². The van der Waals surface area contributed by atoms with Crippen LogP contribution in [0.4, 0.5) is 8.78 Å². The summed E-state index contributed by atoms with van der Waals surface area (Å²) in [6.07, 6.45) is 7.02. The Morgan fingerprint density at radius 2 is 1.80 bits per heavy atom. The molecule has 2 aliphatic carbocycles. The number of halogens is 2. The molecule has 130 valence electrons. The van der Waals surface area contributed by atoms with Gasteiger partial charge in [0.15, 0.2) is 5.82 Å². The number of nitrogens with zero attached hydrogens (tertiary/aromatic N) is 1. The first-order valence-corrected chi connectivity index (χ1v) is 9.39. The van der Waals surface area contributed by atoms with Gasteiger partial charge in [0.25, 0.3) is 0 Å². The van der Waals surface area contributed by atoms with Gasteiger partial charge in [-0.1, -0.05) is 25.5 Å². The number of fused-ring (bicyclic) bond motifs is 2. The Kier molecular flexibility index (Phi) is 4.23. The quantitative estimate of drug-likeness (QED) is 0.597. The lowest BCUT2D eigenvalue weighted by Gasteiger charge is -2.41. The molecule has 2 aromatic carbocycles. The molecule has 25 heavy (non-hydrogen) atoms. The van der Waals surface area contributed by atoms with Crippen LogP contribution in [-0.4, -0.2) is 0 Å². The van der Waals surface area contributed by atoms with E-state index in [0.29, 0.717) is 11.3 Å². The maximum atomic E-state index is 14.9. The summed E-state index contributed by atoms with van der Waals surface area (Å²) in [6.45, 7) is 2.34. The summed E-state index contributed by atoms with van der Waals surface area (Å²) in [5.74, 6) is 1.22. The third-order valence-electron chi connectivity index (χ3n) is 6.51. The van der Waals surface area contributed by atoms with Gasteiger partial charge in [-0.15, -0.1) is 0 Å². The average molecular weight is 339 g/mol. The third kappa shape index (κ3) is 2.82. The van der Waals surface area contributed by atoms with Crippen LogP contribution in [0.1, 0.15) is 62.5 Å². The van der Waals surface area contributed by atoms with Crippen LogP contribution in [0, 0.1) is 40.7 Å². The summed E-state index contributed by atoms with van der Waals surface area (Å²) in [7, 11) is 0. The predicted molar refractivity (Wildman–Crippen MR) is 95.2 cm³/mol. The summed E-state index contributed by atoms with van der Waals surface area (Å²) in [5.41, 5.74) is 0.834. The maximum Gasteiger partial charge on any atom is 0.152 e. The number of hydrogen-bond acceptors (Lipinski definition) is 1. The average Bonchev–Trinajstić information content (AvgIpc) is 2.61. The molecule has 4 rings (SSSR count). The molecule has 2 aromatic rings. The molecular formula is C22H23F2N. The molecule has 4 unspecified atom stereocenters. The monoisotopic (exact) mass is 339 g/mol. The minimum atomic E-state index is -0.688. The maximum absolute atomic E-state index is 14.9. The highest BCUT2D eigenvalue weighted by molar-refractivity contribution is 5.86. The summed E-state index contributed by atoms with van der Waals surface area (Å²) >= 11 is 0. The fraction of sp³-hybridized carbons (Fsp3) is 0.500. The van der Waals surface area contributed by atoms with Gasteiger partial charge in [0.05, 0.1) is 10.9 Å². The van der Waals surface area contributed by atoms with Crippen molar-refractivity contribution < 1.29 is 8.78 Å². The van der Waals surface area contributed by atoms with E-state index in [0.717, 1.165) is 36.7 Å². The van der Waals surface area contributed by atoms with Gasteiger partial charge in [0.1, 0.15) is 11.9 Å². The molecule has 0 spiro atoms. The zero-order chi connectivity index (χ0) is 17.6. The molecule has 3 heteroatoms. The molecule has 1 nitrogen and oxygen atoms in total. The number of nitriles is 1. The molecule has 0 bridgehead atoms. The van der Waals surface area contributed by atoms with Crippen molar-refractivity contribution in [3.8, 4) is 6.07 Å². The highest BCUT2D eigenvalue weighted by atomic mass is 19.1. The van der Waals surface area contributed by atoms with Crippen molar-refractivity contribution in [2.75, 3.05) is 0 Å². The highest BCUT2D eigenvalue weighted by Gasteiger charge is 2.36.